The van der Waals surface area contributed by atoms with Gasteiger partial charge in [-0.3, -0.25) is 4.79 Å². The Balaban J connectivity index is 2.10. The number of nitrogens with zero attached hydrogens (tertiary/aromatic N) is 1. The highest BCUT2D eigenvalue weighted by Gasteiger charge is 2.24. The third-order valence-electron chi connectivity index (χ3n) is 3.28. The van der Waals surface area contributed by atoms with E-state index in [0.717, 1.165) is 50.8 Å². The Morgan fingerprint density at radius 2 is 2.06 bits per heavy atom. The van der Waals surface area contributed by atoms with Gasteiger partial charge in [0.15, 0.2) is 0 Å². The fourth-order valence-electron chi connectivity index (χ4n) is 2.12. The average molecular weight is 487 g/mol. The highest BCUT2D eigenvalue weighted by atomic mass is 127. The minimum atomic E-state index is 0.161. The summed E-state index contributed by atoms with van der Waals surface area (Å²) in [6.45, 7) is 1.75. The number of carbonyl (C=O) groups is 1. The second-order valence-corrected chi connectivity index (χ2v) is 7.24. The van der Waals surface area contributed by atoms with Crippen molar-refractivity contribution in [2.24, 2.45) is 5.92 Å². The molecule has 0 unspecified atom stereocenters. The van der Waals surface area contributed by atoms with Crippen LogP contribution in [0.15, 0.2) is 22.7 Å². The predicted octanol–water partition coefficient (Wildman–Crippen LogP) is 4.30. The van der Waals surface area contributed by atoms with Crippen molar-refractivity contribution in [3.05, 3.63) is 31.8 Å². The van der Waals surface area contributed by atoms with Gasteiger partial charge >= 0.3 is 0 Å². The molecule has 1 saturated heterocycles. The summed E-state index contributed by atoms with van der Waals surface area (Å²) in [4.78, 5) is 14.4. The molecule has 0 aliphatic carbocycles. The van der Waals surface area contributed by atoms with Gasteiger partial charge in [-0.05, 0) is 59.5 Å². The van der Waals surface area contributed by atoms with Gasteiger partial charge in [-0.2, -0.15) is 0 Å². The lowest BCUT2D eigenvalue weighted by molar-refractivity contribution is 0.0698. The Morgan fingerprint density at radius 1 is 1.39 bits per heavy atom. The molecule has 0 radical (unpaired) electrons. The van der Waals surface area contributed by atoms with Crippen molar-refractivity contribution in [2.75, 3.05) is 18.4 Å². The maximum atomic E-state index is 12.5. The van der Waals surface area contributed by atoms with Crippen LogP contribution < -0.4 is 0 Å². The van der Waals surface area contributed by atoms with E-state index in [9.17, 15) is 4.79 Å². The maximum absolute atomic E-state index is 12.5. The molecule has 0 saturated carbocycles. The number of alkyl halides is 1. The Bertz CT molecular complexity index is 445. The van der Waals surface area contributed by atoms with Gasteiger partial charge in [0.25, 0.3) is 5.91 Å². The maximum Gasteiger partial charge on any atom is 0.254 e. The van der Waals surface area contributed by atoms with Crippen LogP contribution in [-0.2, 0) is 0 Å². The van der Waals surface area contributed by atoms with E-state index in [0.29, 0.717) is 0 Å². The first-order valence-corrected chi connectivity index (χ1v) is 8.91. The zero-order valence-electron chi connectivity index (χ0n) is 9.83. The Morgan fingerprint density at radius 3 is 2.67 bits per heavy atom. The fourth-order valence-corrected chi connectivity index (χ4v) is 3.70. The molecule has 18 heavy (non-hydrogen) atoms. The molecule has 1 amide bonds. The molecule has 1 aromatic carbocycles. The molecule has 5 heteroatoms. The summed E-state index contributed by atoms with van der Waals surface area (Å²) >= 11 is 9.18. The first-order chi connectivity index (χ1) is 8.61. The zero-order valence-corrected chi connectivity index (χ0v) is 15.2. The molecule has 0 aromatic heterocycles. The third kappa shape index (κ3) is 3.48. The molecule has 1 aliphatic rings. The number of carbonyl (C=O) groups excluding carboxylic acids is 1. The van der Waals surface area contributed by atoms with Crippen LogP contribution >= 0.6 is 54.5 Å². The molecule has 0 N–H and O–H groups in total. The summed E-state index contributed by atoms with van der Waals surface area (Å²) in [5, 5.41) is 1.05. The van der Waals surface area contributed by atoms with Crippen LogP contribution in [0.2, 0.25) is 0 Å². The minimum absolute atomic E-state index is 0.161. The Kier molecular flexibility index (Phi) is 5.50. The number of rotatable bonds is 2. The number of piperidine rings is 1. The summed E-state index contributed by atoms with van der Waals surface area (Å²) < 4.78 is 1.98. The van der Waals surface area contributed by atoms with E-state index in [1.807, 2.05) is 23.1 Å². The molecule has 2 nitrogen and oxygen atoms in total. The number of benzene rings is 1. The van der Waals surface area contributed by atoms with Gasteiger partial charge < -0.3 is 4.90 Å². The summed E-state index contributed by atoms with van der Waals surface area (Å²) in [6.07, 6.45) is 2.20. The van der Waals surface area contributed by atoms with Gasteiger partial charge in [0.05, 0.1) is 5.56 Å². The highest BCUT2D eigenvalue weighted by Crippen LogP contribution is 2.24. The average Bonchev–Trinajstić information content (AvgIpc) is 2.41. The molecule has 0 spiro atoms. The van der Waals surface area contributed by atoms with Crippen LogP contribution in [0.1, 0.15) is 23.2 Å². The summed E-state index contributed by atoms with van der Waals surface area (Å²) in [5.74, 6) is 0.879. The van der Waals surface area contributed by atoms with Crippen LogP contribution in [0.5, 0.6) is 0 Å². The minimum Gasteiger partial charge on any atom is -0.339 e. The van der Waals surface area contributed by atoms with Crippen LogP contribution in [0.3, 0.4) is 0 Å². The first-order valence-electron chi connectivity index (χ1n) is 5.92. The molecule has 0 atom stereocenters. The summed E-state index contributed by atoms with van der Waals surface area (Å²) in [7, 11) is 0. The molecular formula is C13H14Br2INO. The molecule has 2 rings (SSSR count). The smallest absolute Gasteiger partial charge is 0.254 e. The monoisotopic (exact) mass is 485 g/mol. The molecule has 1 fully saturated rings. The molecule has 0 bridgehead atoms. The van der Waals surface area contributed by atoms with E-state index in [1.54, 1.807) is 0 Å². The van der Waals surface area contributed by atoms with Crippen molar-refractivity contribution in [2.45, 2.75) is 12.8 Å². The van der Waals surface area contributed by atoms with Gasteiger partial charge in [-0.15, -0.1) is 0 Å². The van der Waals surface area contributed by atoms with E-state index < -0.39 is 0 Å². The van der Waals surface area contributed by atoms with Gasteiger partial charge in [-0.25, -0.2) is 0 Å². The fraction of sp³-hybridized carbons (Fsp3) is 0.462. The standard InChI is InChI=1S/C13H14Br2INO/c14-8-9-3-5-17(6-4-9)13(18)11-7-10(15)1-2-12(11)16/h1-2,7,9H,3-6,8H2. The highest BCUT2D eigenvalue weighted by molar-refractivity contribution is 14.1. The molecule has 98 valence electrons. The number of hydrogen-bond donors (Lipinski definition) is 0. The topological polar surface area (TPSA) is 20.3 Å². The lowest BCUT2D eigenvalue weighted by atomic mass is 9.98. The van der Waals surface area contributed by atoms with Gasteiger partial charge in [0, 0.05) is 26.5 Å². The molecular weight excluding hydrogens is 473 g/mol. The summed E-state index contributed by atoms with van der Waals surface area (Å²) in [5.41, 5.74) is 0.808. The predicted molar refractivity (Wildman–Crippen MR) is 89.3 cm³/mol. The Labute approximate surface area is 138 Å². The quantitative estimate of drug-likeness (QED) is 0.451. The van der Waals surface area contributed by atoms with Crippen LogP contribution in [-0.4, -0.2) is 29.2 Å². The van der Waals surface area contributed by atoms with Crippen molar-refractivity contribution >= 4 is 60.4 Å². The first kappa shape index (κ1) is 14.8. The molecule has 1 aliphatic heterocycles. The van der Waals surface area contributed by atoms with Gasteiger partial charge in [0.2, 0.25) is 0 Å². The lowest BCUT2D eigenvalue weighted by Crippen LogP contribution is -2.39. The van der Waals surface area contributed by atoms with Crippen molar-refractivity contribution in [3.63, 3.8) is 0 Å². The van der Waals surface area contributed by atoms with Crippen LogP contribution in [0.25, 0.3) is 0 Å². The largest absolute Gasteiger partial charge is 0.339 e. The van der Waals surface area contributed by atoms with Crippen LogP contribution in [0.4, 0.5) is 0 Å². The van der Waals surface area contributed by atoms with E-state index in [1.165, 1.54) is 0 Å². The van der Waals surface area contributed by atoms with Crippen molar-refractivity contribution in [3.8, 4) is 0 Å². The Hall–Kier alpha value is 0.380. The zero-order chi connectivity index (χ0) is 13.1. The molecule has 1 heterocycles. The summed E-state index contributed by atoms with van der Waals surface area (Å²) in [6, 6.07) is 5.86. The second-order valence-electron chi connectivity index (χ2n) is 4.51. The lowest BCUT2D eigenvalue weighted by Gasteiger charge is -2.31. The van der Waals surface area contributed by atoms with Crippen molar-refractivity contribution in [1.29, 1.82) is 0 Å². The van der Waals surface area contributed by atoms with Gasteiger partial charge in [0.1, 0.15) is 0 Å². The van der Waals surface area contributed by atoms with E-state index in [4.69, 9.17) is 0 Å². The third-order valence-corrected chi connectivity index (χ3v) is 5.63. The number of halogens is 3. The van der Waals surface area contributed by atoms with Gasteiger partial charge in [-0.1, -0.05) is 31.9 Å². The normalized spacial score (nSPS) is 16.9. The van der Waals surface area contributed by atoms with Crippen molar-refractivity contribution < 1.29 is 4.79 Å². The SMILES string of the molecule is O=C(c1cc(Br)ccc1I)N1CCC(CBr)CC1. The van der Waals surface area contributed by atoms with E-state index in [-0.39, 0.29) is 5.91 Å². The number of amides is 1. The van der Waals surface area contributed by atoms with E-state index >= 15 is 0 Å². The van der Waals surface area contributed by atoms with Crippen molar-refractivity contribution in [1.82, 2.24) is 4.90 Å². The number of likely N-dealkylation sites (tertiary alicyclic amines) is 1. The molecule has 1 aromatic rings. The van der Waals surface area contributed by atoms with Crippen LogP contribution in [0, 0.1) is 9.49 Å². The number of hydrogen-bond acceptors (Lipinski definition) is 1. The van der Waals surface area contributed by atoms with E-state index in [2.05, 4.69) is 54.5 Å². The second kappa shape index (κ2) is 6.70.